The highest BCUT2D eigenvalue weighted by Crippen LogP contribution is 2.71. The first kappa shape index (κ1) is 27.3. The Morgan fingerprint density at radius 3 is 2.31 bits per heavy atom. The van der Waals surface area contributed by atoms with Crippen LogP contribution in [-0.4, -0.2) is 39.9 Å². The number of aliphatic hydroxyl groups is 2. The Balaban J connectivity index is 1.54. The van der Waals surface area contributed by atoms with Crippen LogP contribution in [0.2, 0.25) is 0 Å². The fourth-order valence-corrected chi connectivity index (χ4v) is 9.55. The van der Waals surface area contributed by atoms with Gasteiger partial charge in [-0.3, -0.25) is 4.79 Å². The van der Waals surface area contributed by atoms with Crippen LogP contribution in [0.5, 0.6) is 0 Å². The van der Waals surface area contributed by atoms with Crippen molar-refractivity contribution < 1.29 is 28.5 Å². The smallest absolute Gasteiger partial charge is 0.302 e. The van der Waals surface area contributed by atoms with Gasteiger partial charge in [0.2, 0.25) is 0 Å². The lowest BCUT2D eigenvalue weighted by molar-refractivity contribution is -0.260. The second-order valence-electron chi connectivity index (χ2n) is 13.9. The molecule has 0 aromatic carbocycles. The first-order valence-corrected chi connectivity index (χ1v) is 14.1. The zero-order chi connectivity index (χ0) is 26.0. The van der Waals surface area contributed by atoms with E-state index < -0.39 is 41.5 Å². The van der Waals surface area contributed by atoms with Crippen molar-refractivity contribution in [2.24, 2.45) is 46.3 Å². The summed E-state index contributed by atoms with van der Waals surface area (Å²) in [7, 11) is 0. The van der Waals surface area contributed by atoms with Crippen molar-refractivity contribution >= 4 is 5.97 Å². The molecule has 0 saturated heterocycles. The summed E-state index contributed by atoms with van der Waals surface area (Å²) in [6.07, 6.45) is 5.68. The lowest BCUT2D eigenvalue weighted by Gasteiger charge is -2.63. The normalized spacial score (nSPS) is 45.7. The van der Waals surface area contributed by atoms with Crippen molar-refractivity contribution in [3.05, 3.63) is 0 Å². The van der Waals surface area contributed by atoms with Gasteiger partial charge in [0.05, 0.1) is 11.7 Å². The first-order chi connectivity index (χ1) is 16.1. The lowest BCUT2D eigenvalue weighted by atomic mass is 9.43. The molecular formula is C29H48F2O4. The predicted octanol–water partition coefficient (Wildman–Crippen LogP) is 6.37. The van der Waals surface area contributed by atoms with Gasteiger partial charge in [-0.05, 0) is 99.2 Å². The number of alkyl halides is 2. The number of fused-ring (bicyclic) bond motifs is 5. The molecular weight excluding hydrogens is 450 g/mol. The van der Waals surface area contributed by atoms with Crippen molar-refractivity contribution in [3.8, 4) is 0 Å². The topological polar surface area (TPSA) is 66.8 Å². The van der Waals surface area contributed by atoms with Crippen LogP contribution in [0.25, 0.3) is 0 Å². The molecule has 0 amide bonds. The van der Waals surface area contributed by atoms with Crippen LogP contribution in [0.1, 0.15) is 106 Å². The second-order valence-corrected chi connectivity index (χ2v) is 13.9. The Hall–Kier alpha value is -0.750. The molecule has 35 heavy (non-hydrogen) atoms. The molecule has 2 N–H and O–H groups in total. The minimum absolute atomic E-state index is 0.0130. The number of carbonyl (C=O) groups excluding carboxylic acids is 1. The van der Waals surface area contributed by atoms with Crippen LogP contribution in [0, 0.1) is 46.3 Å². The molecule has 0 radical (unpaired) electrons. The molecule has 10 atom stereocenters. The van der Waals surface area contributed by atoms with Crippen molar-refractivity contribution in [2.75, 3.05) is 0 Å². The molecule has 0 spiro atoms. The summed E-state index contributed by atoms with van der Waals surface area (Å²) < 4.78 is 37.5. The Morgan fingerprint density at radius 2 is 1.69 bits per heavy atom. The molecule has 3 unspecified atom stereocenters. The largest absolute Gasteiger partial charge is 0.460 e. The number of hydrogen-bond acceptors (Lipinski definition) is 4. The van der Waals surface area contributed by atoms with Gasteiger partial charge in [0.15, 0.2) is 0 Å². The average molecular weight is 499 g/mol. The molecule has 4 rings (SSSR count). The highest BCUT2D eigenvalue weighted by Gasteiger charge is 2.69. The van der Waals surface area contributed by atoms with E-state index in [9.17, 15) is 15.0 Å². The number of halogens is 2. The summed E-state index contributed by atoms with van der Waals surface area (Å²) in [5.41, 5.74) is -1.08. The first-order valence-electron chi connectivity index (χ1n) is 14.1. The summed E-state index contributed by atoms with van der Waals surface area (Å²) in [5.74, 6) is -3.63. The molecule has 4 nitrogen and oxygen atoms in total. The number of esters is 1. The van der Waals surface area contributed by atoms with E-state index >= 15 is 8.78 Å². The molecule has 0 heterocycles. The monoisotopic (exact) mass is 498 g/mol. The summed E-state index contributed by atoms with van der Waals surface area (Å²) in [6, 6.07) is 0. The molecule has 4 aliphatic carbocycles. The van der Waals surface area contributed by atoms with Gasteiger partial charge in [0.25, 0.3) is 5.92 Å². The molecule has 4 saturated carbocycles. The van der Waals surface area contributed by atoms with E-state index in [0.717, 1.165) is 51.4 Å². The summed E-state index contributed by atoms with van der Waals surface area (Å²) in [6.45, 7) is 11.7. The highest BCUT2D eigenvalue weighted by atomic mass is 19.3. The molecule has 0 aromatic heterocycles. The summed E-state index contributed by atoms with van der Waals surface area (Å²) in [4.78, 5) is 11.5. The van der Waals surface area contributed by atoms with E-state index in [4.69, 9.17) is 4.74 Å². The maximum Gasteiger partial charge on any atom is 0.302 e. The van der Waals surface area contributed by atoms with Gasteiger partial charge in [-0.2, -0.15) is 0 Å². The minimum atomic E-state index is -2.82. The van der Waals surface area contributed by atoms with Gasteiger partial charge in [-0.15, -0.1) is 0 Å². The van der Waals surface area contributed by atoms with E-state index in [-0.39, 0.29) is 29.1 Å². The Kier molecular flexibility index (Phi) is 7.19. The third kappa shape index (κ3) is 4.80. The Bertz CT molecular complexity index is 794. The van der Waals surface area contributed by atoms with E-state index in [1.54, 1.807) is 0 Å². The van der Waals surface area contributed by atoms with E-state index in [2.05, 4.69) is 20.8 Å². The lowest BCUT2D eigenvalue weighted by Crippen LogP contribution is -2.64. The maximum absolute atomic E-state index is 16.1. The van der Waals surface area contributed by atoms with Crippen LogP contribution < -0.4 is 0 Å². The number of aliphatic hydroxyl groups excluding tert-OH is 1. The Morgan fingerprint density at radius 1 is 1.06 bits per heavy atom. The predicted molar refractivity (Wildman–Crippen MR) is 132 cm³/mol. The summed E-state index contributed by atoms with van der Waals surface area (Å²) in [5, 5.41) is 21.2. The number of ether oxygens (including phenoxy) is 1. The highest BCUT2D eigenvalue weighted by molar-refractivity contribution is 5.66. The van der Waals surface area contributed by atoms with Gasteiger partial charge in [0.1, 0.15) is 6.10 Å². The quantitative estimate of drug-likeness (QED) is 0.418. The van der Waals surface area contributed by atoms with Crippen LogP contribution >= 0.6 is 0 Å². The fourth-order valence-electron chi connectivity index (χ4n) is 9.55. The van der Waals surface area contributed by atoms with Crippen LogP contribution in [-0.2, 0) is 9.53 Å². The van der Waals surface area contributed by atoms with Crippen molar-refractivity contribution in [1.82, 2.24) is 0 Å². The molecule has 0 bridgehead atoms. The number of rotatable bonds is 6. The van der Waals surface area contributed by atoms with Gasteiger partial charge in [0, 0.05) is 19.3 Å². The standard InChI is InChI=1S/C29H48F2O4/c1-17(8-7-13-26(3,4)34)19-9-10-20-24-21(11-14-27(19,20)5)28(6)15-12-23(35-18(2)32)25(33)22(28)16-29(24,30)31/h17,19-25,33-34H,7-16H2,1-6H3/t17?,19-,20+,21+,22?,23+,24+,25?,27-,28-/m1/s1. The zero-order valence-corrected chi connectivity index (χ0v) is 22.7. The van der Waals surface area contributed by atoms with Gasteiger partial charge in [-0.1, -0.05) is 33.6 Å². The molecule has 6 heteroatoms. The molecule has 4 aliphatic rings. The molecule has 202 valence electrons. The number of hydrogen-bond donors (Lipinski definition) is 2. The van der Waals surface area contributed by atoms with Crippen LogP contribution in [0.4, 0.5) is 8.78 Å². The summed E-state index contributed by atoms with van der Waals surface area (Å²) >= 11 is 0. The van der Waals surface area contributed by atoms with Crippen molar-refractivity contribution in [1.29, 1.82) is 0 Å². The van der Waals surface area contributed by atoms with E-state index in [1.165, 1.54) is 6.92 Å². The van der Waals surface area contributed by atoms with Crippen molar-refractivity contribution in [3.63, 3.8) is 0 Å². The zero-order valence-electron chi connectivity index (χ0n) is 22.7. The molecule has 4 fully saturated rings. The van der Waals surface area contributed by atoms with Gasteiger partial charge >= 0.3 is 5.97 Å². The number of carbonyl (C=O) groups is 1. The minimum Gasteiger partial charge on any atom is -0.460 e. The Labute approximate surface area is 210 Å². The van der Waals surface area contributed by atoms with E-state index in [1.807, 2.05) is 13.8 Å². The SMILES string of the molecule is CC(=O)O[C@H]1CC[C@@]2(C)C(CC(F)(F)[C@H]3[C@@H]4CC[C@H](C(C)CCCC(C)(C)O)[C@@]4(C)CC[C@@H]32)C1O. The third-order valence-electron chi connectivity index (χ3n) is 11.2. The van der Waals surface area contributed by atoms with Crippen LogP contribution in [0.15, 0.2) is 0 Å². The maximum atomic E-state index is 16.1. The fraction of sp³-hybridized carbons (Fsp3) is 0.966. The molecule has 0 aromatic rings. The third-order valence-corrected chi connectivity index (χ3v) is 11.2. The van der Waals surface area contributed by atoms with E-state index in [0.29, 0.717) is 18.3 Å². The van der Waals surface area contributed by atoms with Crippen molar-refractivity contribution in [2.45, 2.75) is 129 Å². The molecule has 0 aliphatic heterocycles. The van der Waals surface area contributed by atoms with Gasteiger partial charge < -0.3 is 14.9 Å². The second kappa shape index (κ2) is 9.22. The average Bonchev–Trinajstić information content (AvgIpc) is 3.08. The van der Waals surface area contributed by atoms with Crippen LogP contribution in [0.3, 0.4) is 0 Å². The van der Waals surface area contributed by atoms with Gasteiger partial charge in [-0.25, -0.2) is 8.78 Å².